The van der Waals surface area contributed by atoms with Crippen molar-refractivity contribution in [2.45, 2.75) is 18.8 Å². The maximum atomic E-state index is 11.0. The molecule has 0 bridgehead atoms. The first-order valence-electron chi connectivity index (χ1n) is 6.62. The van der Waals surface area contributed by atoms with Gasteiger partial charge in [-0.25, -0.2) is 14.8 Å². The average Bonchev–Trinajstić information content (AvgIpc) is 3.30. The molecule has 1 amide bonds. The SMILES string of the molecule is N#Cc1ccnc(OC(N)=O)c1-c1cc(C2CC2)cc(Cl)n1. The largest absolute Gasteiger partial charge is 0.411 e. The topological polar surface area (TPSA) is 102 Å². The molecule has 2 aromatic rings. The summed E-state index contributed by atoms with van der Waals surface area (Å²) in [5, 5.41) is 9.60. The first-order valence-corrected chi connectivity index (χ1v) is 7.00. The molecule has 7 heteroatoms. The Balaban J connectivity index is 2.18. The summed E-state index contributed by atoms with van der Waals surface area (Å²) in [6.07, 6.45) is 2.56. The summed E-state index contributed by atoms with van der Waals surface area (Å²) in [5.41, 5.74) is 7.13. The van der Waals surface area contributed by atoms with E-state index in [-0.39, 0.29) is 11.4 Å². The predicted octanol–water partition coefficient (Wildman–Crippen LogP) is 3.00. The van der Waals surface area contributed by atoms with Crippen LogP contribution in [0.15, 0.2) is 24.4 Å². The molecular weight excluding hydrogens is 304 g/mol. The van der Waals surface area contributed by atoms with Crippen molar-refractivity contribution >= 4 is 17.7 Å². The molecule has 22 heavy (non-hydrogen) atoms. The first kappa shape index (κ1) is 14.3. The van der Waals surface area contributed by atoms with Crippen LogP contribution in [0, 0.1) is 11.3 Å². The highest BCUT2D eigenvalue weighted by atomic mass is 35.5. The van der Waals surface area contributed by atoms with E-state index in [2.05, 4.69) is 9.97 Å². The number of nitrogens with zero attached hydrogens (tertiary/aromatic N) is 3. The molecule has 0 atom stereocenters. The van der Waals surface area contributed by atoms with Gasteiger partial charge in [-0.3, -0.25) is 0 Å². The molecule has 0 saturated heterocycles. The van der Waals surface area contributed by atoms with Crippen molar-refractivity contribution < 1.29 is 9.53 Å². The monoisotopic (exact) mass is 314 g/mol. The van der Waals surface area contributed by atoms with Gasteiger partial charge < -0.3 is 10.5 Å². The van der Waals surface area contributed by atoms with Gasteiger partial charge in [-0.05, 0) is 42.5 Å². The second-order valence-electron chi connectivity index (χ2n) is 4.95. The molecule has 2 heterocycles. The molecule has 2 N–H and O–H groups in total. The minimum Gasteiger partial charge on any atom is -0.391 e. The van der Waals surface area contributed by atoms with Crippen molar-refractivity contribution in [1.29, 1.82) is 5.26 Å². The molecule has 0 aliphatic heterocycles. The van der Waals surface area contributed by atoms with Crippen molar-refractivity contribution in [2.75, 3.05) is 0 Å². The normalized spacial score (nSPS) is 13.5. The van der Waals surface area contributed by atoms with Gasteiger partial charge in [-0.1, -0.05) is 11.6 Å². The number of amides is 1. The van der Waals surface area contributed by atoms with Crippen LogP contribution < -0.4 is 10.5 Å². The minimum atomic E-state index is -1.01. The number of pyridine rings is 2. The lowest BCUT2D eigenvalue weighted by molar-refractivity contribution is 0.209. The van der Waals surface area contributed by atoms with Crippen LogP contribution >= 0.6 is 11.6 Å². The average molecular weight is 315 g/mol. The second-order valence-corrected chi connectivity index (χ2v) is 5.34. The van der Waals surface area contributed by atoms with Gasteiger partial charge in [0.05, 0.1) is 16.8 Å². The summed E-state index contributed by atoms with van der Waals surface area (Å²) >= 11 is 6.08. The maximum absolute atomic E-state index is 11.0. The van der Waals surface area contributed by atoms with Crippen LogP contribution in [0.3, 0.4) is 0 Å². The Bertz CT molecular complexity index is 797. The van der Waals surface area contributed by atoms with Crippen LogP contribution in [0.4, 0.5) is 4.79 Å². The van der Waals surface area contributed by atoms with Crippen LogP contribution in [-0.4, -0.2) is 16.1 Å². The highest BCUT2D eigenvalue weighted by molar-refractivity contribution is 6.29. The Morgan fingerprint density at radius 3 is 2.86 bits per heavy atom. The van der Waals surface area contributed by atoms with Gasteiger partial charge in [0.25, 0.3) is 0 Å². The molecule has 1 aliphatic rings. The quantitative estimate of drug-likeness (QED) is 0.877. The molecule has 0 radical (unpaired) electrons. The van der Waals surface area contributed by atoms with Crippen LogP contribution in [0.1, 0.15) is 29.9 Å². The minimum absolute atomic E-state index is 0.0527. The summed E-state index contributed by atoms with van der Waals surface area (Å²) < 4.78 is 4.89. The molecule has 2 aromatic heterocycles. The number of hydrogen-bond donors (Lipinski definition) is 1. The zero-order chi connectivity index (χ0) is 15.7. The van der Waals surface area contributed by atoms with E-state index >= 15 is 0 Å². The van der Waals surface area contributed by atoms with Gasteiger partial charge in [-0.2, -0.15) is 5.26 Å². The van der Waals surface area contributed by atoms with E-state index in [0.29, 0.717) is 22.3 Å². The summed E-state index contributed by atoms with van der Waals surface area (Å²) in [6, 6.07) is 7.20. The van der Waals surface area contributed by atoms with E-state index in [1.807, 2.05) is 12.1 Å². The lowest BCUT2D eigenvalue weighted by atomic mass is 10.0. The number of rotatable bonds is 3. The molecule has 0 aromatic carbocycles. The zero-order valence-electron chi connectivity index (χ0n) is 11.4. The fourth-order valence-corrected chi connectivity index (χ4v) is 2.47. The second kappa shape index (κ2) is 5.62. The van der Waals surface area contributed by atoms with Crippen molar-refractivity contribution in [2.24, 2.45) is 5.73 Å². The summed E-state index contributed by atoms with van der Waals surface area (Å²) in [5.74, 6) is 0.407. The highest BCUT2D eigenvalue weighted by Gasteiger charge is 2.26. The van der Waals surface area contributed by atoms with Gasteiger partial charge in [-0.15, -0.1) is 0 Å². The van der Waals surface area contributed by atoms with E-state index < -0.39 is 6.09 Å². The summed E-state index contributed by atoms with van der Waals surface area (Å²) in [6.45, 7) is 0. The molecule has 0 spiro atoms. The van der Waals surface area contributed by atoms with Gasteiger partial charge >= 0.3 is 6.09 Å². The van der Waals surface area contributed by atoms with Gasteiger partial charge in [0.15, 0.2) is 0 Å². The van der Waals surface area contributed by atoms with Crippen molar-refractivity contribution in [3.63, 3.8) is 0 Å². The van der Waals surface area contributed by atoms with Gasteiger partial charge in [0, 0.05) is 6.20 Å². The Hall–Kier alpha value is -2.65. The Morgan fingerprint density at radius 2 is 2.23 bits per heavy atom. The number of nitrogens with two attached hydrogens (primary N) is 1. The van der Waals surface area contributed by atoms with Crippen molar-refractivity contribution in [3.8, 4) is 23.2 Å². The number of nitriles is 1. The summed E-state index contributed by atoms with van der Waals surface area (Å²) in [7, 11) is 0. The predicted molar refractivity (Wildman–Crippen MR) is 79.4 cm³/mol. The fourth-order valence-electron chi connectivity index (χ4n) is 2.25. The standard InChI is InChI=1S/C15H11ClN4O2/c16-12-6-10(8-1-2-8)5-11(20-12)13-9(7-17)3-4-19-14(13)22-15(18)21/h3-6,8H,1-2H2,(H2,18,21). The molecule has 6 nitrogen and oxygen atoms in total. The van der Waals surface area contributed by atoms with Crippen LogP contribution in [-0.2, 0) is 0 Å². The third-order valence-corrected chi connectivity index (χ3v) is 3.55. The number of halogens is 1. The third-order valence-electron chi connectivity index (χ3n) is 3.36. The molecule has 1 fully saturated rings. The van der Waals surface area contributed by atoms with Gasteiger partial charge in [0.2, 0.25) is 5.88 Å². The lowest BCUT2D eigenvalue weighted by Gasteiger charge is -2.10. The van der Waals surface area contributed by atoms with Crippen LogP contribution in [0.2, 0.25) is 5.15 Å². The number of hydrogen-bond acceptors (Lipinski definition) is 5. The number of aromatic nitrogens is 2. The Morgan fingerprint density at radius 1 is 1.45 bits per heavy atom. The smallest absolute Gasteiger partial charge is 0.391 e. The molecule has 1 aliphatic carbocycles. The zero-order valence-corrected chi connectivity index (χ0v) is 12.2. The van der Waals surface area contributed by atoms with Crippen LogP contribution in [0.5, 0.6) is 5.88 Å². The van der Waals surface area contributed by atoms with E-state index in [9.17, 15) is 10.1 Å². The number of primary amides is 1. The maximum Gasteiger partial charge on any atom is 0.411 e. The molecule has 3 rings (SSSR count). The first-order chi connectivity index (χ1) is 10.6. The van der Waals surface area contributed by atoms with Crippen LogP contribution in [0.25, 0.3) is 11.3 Å². The fraction of sp³-hybridized carbons (Fsp3) is 0.200. The van der Waals surface area contributed by atoms with E-state index in [1.54, 1.807) is 6.07 Å². The Kier molecular flexibility index (Phi) is 3.65. The molecule has 0 unspecified atom stereocenters. The highest BCUT2D eigenvalue weighted by Crippen LogP contribution is 2.42. The third kappa shape index (κ3) is 2.85. The molecular formula is C15H11ClN4O2. The van der Waals surface area contributed by atoms with E-state index in [1.165, 1.54) is 12.3 Å². The molecule has 1 saturated carbocycles. The van der Waals surface area contributed by atoms with E-state index in [0.717, 1.165) is 18.4 Å². The molecule has 110 valence electrons. The summed E-state index contributed by atoms with van der Waals surface area (Å²) in [4.78, 5) is 19.2. The number of ether oxygens (including phenoxy) is 1. The lowest BCUT2D eigenvalue weighted by Crippen LogP contribution is -2.17. The Labute approximate surface area is 131 Å². The number of carbonyl (C=O) groups excluding carboxylic acids is 1. The van der Waals surface area contributed by atoms with E-state index in [4.69, 9.17) is 22.1 Å². The van der Waals surface area contributed by atoms with Crippen molar-refractivity contribution in [1.82, 2.24) is 9.97 Å². The van der Waals surface area contributed by atoms with Gasteiger partial charge in [0.1, 0.15) is 11.2 Å². The number of carbonyl (C=O) groups is 1. The van der Waals surface area contributed by atoms with Crippen molar-refractivity contribution in [3.05, 3.63) is 40.7 Å².